The minimum Gasteiger partial charge on any atom is -0.378 e. The van der Waals surface area contributed by atoms with Crippen LogP contribution in [0.1, 0.15) is 5.56 Å². The molecule has 0 saturated carbocycles. The molecule has 3 aromatic carbocycles. The maximum absolute atomic E-state index is 12.5. The molecule has 0 atom stereocenters. The summed E-state index contributed by atoms with van der Waals surface area (Å²) in [6.07, 6.45) is 1.85. The molecule has 27 heavy (non-hydrogen) atoms. The van der Waals surface area contributed by atoms with Gasteiger partial charge in [-0.15, -0.1) is 0 Å². The van der Waals surface area contributed by atoms with Gasteiger partial charge in [-0.25, -0.2) is 0 Å². The van der Waals surface area contributed by atoms with Crippen LogP contribution < -0.4 is 15.2 Å². The van der Waals surface area contributed by atoms with Crippen LogP contribution >= 0.6 is 0 Å². The van der Waals surface area contributed by atoms with Gasteiger partial charge in [0.15, 0.2) is 11.8 Å². The summed E-state index contributed by atoms with van der Waals surface area (Å²) in [5.74, 6) is -0.393. The first kappa shape index (κ1) is 17.0. The molecule has 134 valence electrons. The van der Waals surface area contributed by atoms with Gasteiger partial charge in [0.2, 0.25) is 5.69 Å². The minimum absolute atomic E-state index is 0.393. The quantitative estimate of drug-likeness (QED) is 0.518. The molecule has 4 aromatic rings. The standard InChI is InChI=1S/C23H21N2O2/c1-16-13-18(17-7-5-4-6-8-17)14-19-15-25(23(26)27-22(16)19)21-11-9-20(10-12-21)24(2)3/h4-15H,1-3H3/q+1. The highest BCUT2D eigenvalue weighted by molar-refractivity contribution is 5.84. The second kappa shape index (κ2) is 6.72. The molecule has 0 bridgehead atoms. The van der Waals surface area contributed by atoms with Crippen LogP contribution in [0.15, 0.2) is 82.1 Å². The molecule has 1 heterocycles. The molecule has 1 aromatic heterocycles. The third-order valence-corrected chi connectivity index (χ3v) is 4.71. The summed E-state index contributed by atoms with van der Waals surface area (Å²) in [5.41, 5.74) is 5.66. The number of nitrogens with zero attached hydrogens (tertiary/aromatic N) is 2. The molecule has 0 fully saturated rings. The summed E-state index contributed by atoms with van der Waals surface area (Å²) in [4.78, 5) is 14.6. The van der Waals surface area contributed by atoms with Gasteiger partial charge in [0.25, 0.3) is 0 Å². The number of hydrogen-bond acceptors (Lipinski definition) is 3. The second-order valence-corrected chi connectivity index (χ2v) is 6.86. The lowest BCUT2D eigenvalue weighted by Gasteiger charge is -2.11. The van der Waals surface area contributed by atoms with E-state index in [1.54, 1.807) is 4.57 Å². The topological polar surface area (TPSA) is 37.3 Å². The molecule has 0 N–H and O–H groups in total. The first-order chi connectivity index (χ1) is 13.0. The monoisotopic (exact) mass is 357 g/mol. The summed E-state index contributed by atoms with van der Waals surface area (Å²) in [6, 6.07) is 22.1. The van der Waals surface area contributed by atoms with Gasteiger partial charge >= 0.3 is 5.76 Å². The Bertz CT molecular complexity index is 1160. The molecule has 0 aliphatic carbocycles. The molecule has 0 saturated heterocycles. The zero-order valence-electron chi connectivity index (χ0n) is 15.6. The van der Waals surface area contributed by atoms with E-state index in [2.05, 4.69) is 24.3 Å². The molecular weight excluding hydrogens is 336 g/mol. The maximum Gasteiger partial charge on any atom is 0.608 e. The van der Waals surface area contributed by atoms with Crippen molar-refractivity contribution < 1.29 is 8.98 Å². The largest absolute Gasteiger partial charge is 0.608 e. The van der Waals surface area contributed by atoms with Crippen molar-refractivity contribution in [3.63, 3.8) is 0 Å². The summed E-state index contributed by atoms with van der Waals surface area (Å²) in [6.45, 7) is 1.97. The lowest BCUT2D eigenvalue weighted by Crippen LogP contribution is -2.46. The third kappa shape index (κ3) is 3.22. The molecule has 0 aliphatic rings. The third-order valence-electron chi connectivity index (χ3n) is 4.71. The molecule has 0 unspecified atom stereocenters. The van der Waals surface area contributed by atoms with Crippen LogP contribution in [0.5, 0.6) is 0 Å². The molecule has 0 amide bonds. The number of anilines is 1. The summed E-state index contributed by atoms with van der Waals surface area (Å²) >= 11 is 0. The fourth-order valence-corrected chi connectivity index (χ4v) is 3.25. The highest BCUT2D eigenvalue weighted by atomic mass is 16.4. The van der Waals surface area contributed by atoms with Crippen LogP contribution in [0.2, 0.25) is 0 Å². The van der Waals surface area contributed by atoms with Gasteiger partial charge in [0, 0.05) is 31.9 Å². The van der Waals surface area contributed by atoms with Crippen molar-refractivity contribution in [2.45, 2.75) is 6.92 Å². The number of fused-ring (bicyclic) bond motifs is 1. The second-order valence-electron chi connectivity index (χ2n) is 6.86. The van der Waals surface area contributed by atoms with Crippen molar-refractivity contribution in [2.75, 3.05) is 19.0 Å². The average Bonchev–Trinajstić information content (AvgIpc) is 2.69. The highest BCUT2D eigenvalue weighted by Crippen LogP contribution is 2.26. The van der Waals surface area contributed by atoms with Crippen molar-refractivity contribution in [1.82, 2.24) is 0 Å². The van der Waals surface area contributed by atoms with Crippen LogP contribution in [0.4, 0.5) is 5.69 Å². The van der Waals surface area contributed by atoms with Crippen LogP contribution in [-0.2, 0) is 0 Å². The summed E-state index contributed by atoms with van der Waals surface area (Å²) in [7, 11) is 3.97. The Morgan fingerprint density at radius 1 is 0.889 bits per heavy atom. The molecule has 0 aliphatic heterocycles. The van der Waals surface area contributed by atoms with Gasteiger partial charge in [0.05, 0.1) is 5.39 Å². The van der Waals surface area contributed by atoms with Gasteiger partial charge in [0.1, 0.15) is 0 Å². The number of benzene rings is 3. The van der Waals surface area contributed by atoms with Gasteiger partial charge in [-0.05, 0) is 47.9 Å². The van der Waals surface area contributed by atoms with E-state index >= 15 is 0 Å². The fraction of sp³-hybridized carbons (Fsp3) is 0.130. The molecule has 4 heteroatoms. The average molecular weight is 357 g/mol. The van der Waals surface area contributed by atoms with Gasteiger partial charge in [-0.3, -0.25) is 0 Å². The van der Waals surface area contributed by atoms with Crippen LogP contribution in [0.3, 0.4) is 0 Å². The van der Waals surface area contributed by atoms with E-state index < -0.39 is 5.76 Å². The van der Waals surface area contributed by atoms with Crippen molar-refractivity contribution in [1.29, 1.82) is 0 Å². The molecule has 0 spiro atoms. The zero-order chi connectivity index (χ0) is 19.0. The summed E-state index contributed by atoms with van der Waals surface area (Å²) in [5, 5.41) is 0.894. The van der Waals surface area contributed by atoms with E-state index in [0.717, 1.165) is 33.5 Å². The van der Waals surface area contributed by atoms with Crippen molar-refractivity contribution in [3.05, 3.63) is 89.0 Å². The maximum atomic E-state index is 12.5. The van der Waals surface area contributed by atoms with Crippen molar-refractivity contribution in [2.24, 2.45) is 0 Å². The lowest BCUT2D eigenvalue weighted by atomic mass is 10.0. The van der Waals surface area contributed by atoms with Crippen molar-refractivity contribution in [3.8, 4) is 16.8 Å². The van der Waals surface area contributed by atoms with Crippen LogP contribution in [0.25, 0.3) is 27.8 Å². The van der Waals surface area contributed by atoms with Gasteiger partial charge in [-0.2, -0.15) is 4.79 Å². The first-order valence-electron chi connectivity index (χ1n) is 8.86. The molecule has 0 radical (unpaired) electrons. The highest BCUT2D eigenvalue weighted by Gasteiger charge is 2.17. The van der Waals surface area contributed by atoms with Gasteiger partial charge in [-0.1, -0.05) is 34.9 Å². The van der Waals surface area contributed by atoms with Crippen LogP contribution in [-0.4, -0.2) is 14.1 Å². The van der Waals surface area contributed by atoms with Crippen LogP contribution in [0, 0.1) is 6.92 Å². The van der Waals surface area contributed by atoms with Gasteiger partial charge < -0.3 is 9.32 Å². The number of aromatic nitrogens is 1. The SMILES string of the molecule is Cc1cc(-c2ccccc2)cc2c[n+](-c3ccc(N(C)C)cc3)c(=O)oc12. The molecule has 4 rings (SSSR count). The van der Waals surface area contributed by atoms with Crippen molar-refractivity contribution >= 4 is 16.7 Å². The number of rotatable bonds is 3. The van der Waals surface area contributed by atoms with E-state index in [1.807, 2.05) is 74.6 Å². The normalized spacial score (nSPS) is 10.9. The smallest absolute Gasteiger partial charge is 0.378 e. The number of hydrogen-bond donors (Lipinski definition) is 0. The van der Waals surface area contributed by atoms with E-state index in [9.17, 15) is 4.79 Å². The molecular formula is C23H21N2O2+. The Balaban J connectivity index is 1.87. The van der Waals surface area contributed by atoms with E-state index in [-0.39, 0.29) is 0 Å². The Kier molecular flexibility index (Phi) is 4.24. The van der Waals surface area contributed by atoms with E-state index in [0.29, 0.717) is 5.58 Å². The minimum atomic E-state index is -0.393. The summed E-state index contributed by atoms with van der Waals surface area (Å²) < 4.78 is 7.20. The fourth-order valence-electron chi connectivity index (χ4n) is 3.25. The Morgan fingerprint density at radius 2 is 1.59 bits per heavy atom. The predicted molar refractivity (Wildman–Crippen MR) is 109 cm³/mol. The molecule has 4 nitrogen and oxygen atoms in total. The predicted octanol–water partition coefficient (Wildman–Crippen LogP) is 4.11. The first-order valence-corrected chi connectivity index (χ1v) is 8.86. The Hall–Kier alpha value is -3.40. The Morgan fingerprint density at radius 3 is 2.26 bits per heavy atom. The zero-order valence-corrected chi connectivity index (χ0v) is 15.6. The Labute approximate surface area is 157 Å². The number of aryl methyl sites for hydroxylation is 1. The van der Waals surface area contributed by atoms with E-state index in [4.69, 9.17) is 4.42 Å². The lowest BCUT2D eigenvalue weighted by molar-refractivity contribution is -0.623. The van der Waals surface area contributed by atoms with E-state index in [1.165, 1.54) is 0 Å².